The molecular weight excluding hydrogens is 314 g/mol. The third-order valence-electron chi connectivity index (χ3n) is 4.47. The van der Waals surface area contributed by atoms with Gasteiger partial charge in [0.05, 0.1) is 16.6 Å². The van der Waals surface area contributed by atoms with Gasteiger partial charge < -0.3 is 9.42 Å². The number of nitrogens with zero attached hydrogens (tertiary/aromatic N) is 3. The van der Waals surface area contributed by atoms with Gasteiger partial charge in [0.2, 0.25) is 0 Å². The second kappa shape index (κ2) is 6.67. The standard InChI is InChI=1S/C20H23N3O2/c1-12(2)17-10-16(18-14(4)22-25-19(18)21-17)20(24)23(5)11-15-9-7-6-8-13(15)3/h6-10,12H,11H2,1-5H3. The molecule has 130 valence electrons. The van der Waals surface area contributed by atoms with Crippen LogP contribution in [0.2, 0.25) is 0 Å². The van der Waals surface area contributed by atoms with Crippen LogP contribution >= 0.6 is 0 Å². The SMILES string of the molecule is Cc1ccccc1CN(C)C(=O)c1cc(C(C)C)nc2onc(C)c12. The summed E-state index contributed by atoms with van der Waals surface area (Å²) in [6, 6.07) is 9.97. The molecule has 0 spiro atoms. The van der Waals surface area contributed by atoms with E-state index in [0.29, 0.717) is 28.9 Å². The quantitative estimate of drug-likeness (QED) is 0.714. The van der Waals surface area contributed by atoms with Gasteiger partial charge in [0, 0.05) is 19.3 Å². The number of carbonyl (C=O) groups excluding carboxylic acids is 1. The lowest BCUT2D eigenvalue weighted by atomic mass is 10.0. The molecule has 5 heteroatoms. The molecule has 1 amide bonds. The van der Waals surface area contributed by atoms with Gasteiger partial charge in [-0.15, -0.1) is 0 Å². The summed E-state index contributed by atoms with van der Waals surface area (Å²) < 4.78 is 5.32. The zero-order valence-corrected chi connectivity index (χ0v) is 15.3. The van der Waals surface area contributed by atoms with Crippen LogP contribution in [0.25, 0.3) is 11.1 Å². The minimum Gasteiger partial charge on any atom is -0.337 e. The minimum atomic E-state index is -0.0520. The van der Waals surface area contributed by atoms with Crippen LogP contribution in [0.3, 0.4) is 0 Å². The molecule has 2 aromatic heterocycles. The van der Waals surface area contributed by atoms with Crippen LogP contribution in [0.1, 0.15) is 52.6 Å². The smallest absolute Gasteiger partial charge is 0.259 e. The van der Waals surface area contributed by atoms with Gasteiger partial charge in [0.15, 0.2) is 0 Å². The Hall–Kier alpha value is -2.69. The number of aryl methyl sites for hydroxylation is 2. The fourth-order valence-corrected chi connectivity index (χ4v) is 2.90. The van der Waals surface area contributed by atoms with E-state index < -0.39 is 0 Å². The highest BCUT2D eigenvalue weighted by Gasteiger charge is 2.22. The number of amides is 1. The molecule has 3 rings (SSSR count). The van der Waals surface area contributed by atoms with Crippen LogP contribution < -0.4 is 0 Å². The third-order valence-corrected chi connectivity index (χ3v) is 4.47. The van der Waals surface area contributed by atoms with E-state index >= 15 is 0 Å². The summed E-state index contributed by atoms with van der Waals surface area (Å²) in [5.41, 5.74) is 4.85. The van der Waals surface area contributed by atoms with Crippen molar-refractivity contribution in [1.82, 2.24) is 15.0 Å². The zero-order valence-electron chi connectivity index (χ0n) is 15.3. The van der Waals surface area contributed by atoms with Crippen molar-refractivity contribution in [2.24, 2.45) is 0 Å². The van der Waals surface area contributed by atoms with E-state index in [-0.39, 0.29) is 11.8 Å². The fraction of sp³-hybridized carbons (Fsp3) is 0.350. The topological polar surface area (TPSA) is 59.2 Å². The molecule has 0 aliphatic rings. The number of carbonyl (C=O) groups is 1. The number of hydrogen-bond acceptors (Lipinski definition) is 4. The molecule has 0 unspecified atom stereocenters. The number of aromatic nitrogens is 2. The monoisotopic (exact) mass is 337 g/mol. The average molecular weight is 337 g/mol. The zero-order chi connectivity index (χ0) is 18.1. The molecule has 0 saturated heterocycles. The highest BCUT2D eigenvalue weighted by Crippen LogP contribution is 2.26. The molecule has 3 aromatic rings. The number of fused-ring (bicyclic) bond motifs is 1. The highest BCUT2D eigenvalue weighted by molar-refractivity contribution is 6.05. The van der Waals surface area contributed by atoms with Gasteiger partial charge >= 0.3 is 0 Å². The van der Waals surface area contributed by atoms with Crippen molar-refractivity contribution in [3.63, 3.8) is 0 Å². The summed E-state index contributed by atoms with van der Waals surface area (Å²) >= 11 is 0. The van der Waals surface area contributed by atoms with E-state index in [2.05, 4.69) is 23.1 Å². The van der Waals surface area contributed by atoms with Crippen LogP contribution in [-0.2, 0) is 6.54 Å². The molecule has 0 N–H and O–H groups in total. The molecular formula is C20H23N3O2. The first kappa shape index (κ1) is 17.1. The Morgan fingerprint density at radius 1 is 1.24 bits per heavy atom. The molecule has 25 heavy (non-hydrogen) atoms. The third kappa shape index (κ3) is 3.27. The Morgan fingerprint density at radius 2 is 1.96 bits per heavy atom. The van der Waals surface area contributed by atoms with Crippen LogP contribution in [0, 0.1) is 13.8 Å². The summed E-state index contributed by atoms with van der Waals surface area (Å²) in [6.07, 6.45) is 0. The van der Waals surface area contributed by atoms with Gasteiger partial charge in [-0.2, -0.15) is 0 Å². The first-order valence-corrected chi connectivity index (χ1v) is 8.45. The predicted octanol–water partition coefficient (Wildman–Crippen LogP) is 4.24. The lowest BCUT2D eigenvalue weighted by Crippen LogP contribution is -2.27. The van der Waals surface area contributed by atoms with Crippen molar-refractivity contribution in [2.75, 3.05) is 7.05 Å². The maximum absolute atomic E-state index is 13.1. The molecule has 0 atom stereocenters. The van der Waals surface area contributed by atoms with Crippen molar-refractivity contribution in [1.29, 1.82) is 0 Å². The summed E-state index contributed by atoms with van der Waals surface area (Å²) in [4.78, 5) is 19.4. The van der Waals surface area contributed by atoms with Gasteiger partial charge in [0.1, 0.15) is 0 Å². The summed E-state index contributed by atoms with van der Waals surface area (Å²) in [7, 11) is 1.82. The number of benzene rings is 1. The maximum Gasteiger partial charge on any atom is 0.259 e. The van der Waals surface area contributed by atoms with E-state index in [1.165, 1.54) is 5.56 Å². The van der Waals surface area contributed by atoms with E-state index in [1.54, 1.807) is 4.90 Å². The van der Waals surface area contributed by atoms with Crippen LogP contribution in [0.5, 0.6) is 0 Å². The Kier molecular flexibility index (Phi) is 4.57. The van der Waals surface area contributed by atoms with Crippen molar-refractivity contribution in [3.05, 3.63) is 58.4 Å². The van der Waals surface area contributed by atoms with Crippen molar-refractivity contribution >= 4 is 17.0 Å². The molecule has 2 heterocycles. The predicted molar refractivity (Wildman–Crippen MR) is 97.6 cm³/mol. The van der Waals surface area contributed by atoms with Crippen LogP contribution in [0.4, 0.5) is 0 Å². The van der Waals surface area contributed by atoms with Gasteiger partial charge in [-0.1, -0.05) is 43.3 Å². The second-order valence-electron chi connectivity index (χ2n) is 6.79. The van der Waals surface area contributed by atoms with E-state index in [1.807, 2.05) is 52.1 Å². The summed E-state index contributed by atoms with van der Waals surface area (Å²) in [5, 5.41) is 4.69. The molecule has 1 aromatic carbocycles. The maximum atomic E-state index is 13.1. The molecule has 0 saturated carbocycles. The Bertz CT molecular complexity index is 928. The first-order valence-electron chi connectivity index (χ1n) is 8.45. The van der Waals surface area contributed by atoms with Crippen molar-refractivity contribution in [3.8, 4) is 0 Å². The van der Waals surface area contributed by atoms with Gasteiger partial charge in [-0.05, 0) is 37.0 Å². The van der Waals surface area contributed by atoms with E-state index in [4.69, 9.17) is 4.52 Å². The Balaban J connectivity index is 2.01. The normalized spacial score (nSPS) is 11.3. The van der Waals surface area contributed by atoms with Crippen molar-refractivity contribution < 1.29 is 9.32 Å². The molecule has 0 radical (unpaired) electrons. The highest BCUT2D eigenvalue weighted by atomic mass is 16.5. The lowest BCUT2D eigenvalue weighted by Gasteiger charge is -2.19. The number of hydrogen-bond donors (Lipinski definition) is 0. The molecule has 0 fully saturated rings. The number of rotatable bonds is 4. The van der Waals surface area contributed by atoms with Crippen LogP contribution in [-0.4, -0.2) is 28.0 Å². The van der Waals surface area contributed by atoms with E-state index in [0.717, 1.165) is 11.3 Å². The largest absolute Gasteiger partial charge is 0.337 e. The fourth-order valence-electron chi connectivity index (χ4n) is 2.90. The van der Waals surface area contributed by atoms with Crippen LogP contribution in [0.15, 0.2) is 34.9 Å². The van der Waals surface area contributed by atoms with E-state index in [9.17, 15) is 4.79 Å². The Morgan fingerprint density at radius 3 is 2.64 bits per heavy atom. The Labute approximate surface area is 147 Å². The summed E-state index contributed by atoms with van der Waals surface area (Å²) in [6.45, 7) is 8.53. The molecule has 5 nitrogen and oxygen atoms in total. The number of pyridine rings is 1. The summed E-state index contributed by atoms with van der Waals surface area (Å²) in [5.74, 6) is 0.145. The van der Waals surface area contributed by atoms with Gasteiger partial charge in [-0.3, -0.25) is 4.79 Å². The van der Waals surface area contributed by atoms with Gasteiger partial charge in [-0.25, -0.2) is 4.98 Å². The van der Waals surface area contributed by atoms with Crippen molar-refractivity contribution in [2.45, 2.75) is 40.2 Å². The molecule has 0 bridgehead atoms. The lowest BCUT2D eigenvalue weighted by molar-refractivity contribution is 0.0786. The average Bonchev–Trinajstić information content (AvgIpc) is 2.96. The second-order valence-corrected chi connectivity index (χ2v) is 6.79. The minimum absolute atomic E-state index is 0.0520. The molecule has 0 aliphatic carbocycles. The van der Waals surface area contributed by atoms with Gasteiger partial charge in [0.25, 0.3) is 11.6 Å². The first-order chi connectivity index (χ1) is 11.9. The molecule has 0 aliphatic heterocycles.